The predicted octanol–water partition coefficient (Wildman–Crippen LogP) is 3.29. The predicted molar refractivity (Wildman–Crippen MR) is 75.8 cm³/mol. The smallest absolute Gasteiger partial charge is 0.263 e. The van der Waals surface area contributed by atoms with Crippen LogP contribution in [0.1, 0.15) is 13.8 Å². The molecule has 18 heavy (non-hydrogen) atoms. The van der Waals surface area contributed by atoms with Crippen LogP contribution in [-0.2, 0) is 0 Å². The van der Waals surface area contributed by atoms with Crippen LogP contribution >= 0.6 is 11.8 Å². The maximum atomic E-state index is 5.22. The Morgan fingerprint density at radius 2 is 2.00 bits per heavy atom. The van der Waals surface area contributed by atoms with Crippen LogP contribution in [0.3, 0.4) is 0 Å². The first kappa shape index (κ1) is 13.0. The number of thioether (sulfide) groups is 1. The number of hydrogen-bond donors (Lipinski definition) is 1. The summed E-state index contributed by atoms with van der Waals surface area (Å²) in [5.74, 6) is 1.08. The lowest BCUT2D eigenvalue weighted by Crippen LogP contribution is -2.26. The first-order chi connectivity index (χ1) is 8.61. The average Bonchev–Trinajstić information content (AvgIpc) is 2.86. The molecule has 1 heterocycles. The van der Waals surface area contributed by atoms with Crippen LogP contribution in [-0.4, -0.2) is 27.7 Å². The van der Waals surface area contributed by atoms with E-state index in [2.05, 4.69) is 35.6 Å². The number of aromatic nitrogens is 2. The summed E-state index contributed by atoms with van der Waals surface area (Å²) in [6.45, 7) is 5.13. The minimum Gasteiger partial charge on any atom is -0.350 e. The van der Waals surface area contributed by atoms with Crippen LogP contribution in [0.2, 0.25) is 0 Å². The van der Waals surface area contributed by atoms with Gasteiger partial charge in [-0.1, -0.05) is 18.2 Å². The van der Waals surface area contributed by atoms with Crippen molar-refractivity contribution in [1.29, 1.82) is 0 Å². The average molecular weight is 263 g/mol. The summed E-state index contributed by atoms with van der Waals surface area (Å²) in [4.78, 5) is 4.32. The Labute approximate surface area is 111 Å². The van der Waals surface area contributed by atoms with Crippen molar-refractivity contribution in [3.63, 3.8) is 0 Å². The quantitative estimate of drug-likeness (QED) is 0.897. The Morgan fingerprint density at radius 1 is 1.28 bits per heavy atom. The van der Waals surface area contributed by atoms with Crippen LogP contribution in [0.5, 0.6) is 0 Å². The molecule has 2 aromatic rings. The van der Waals surface area contributed by atoms with Crippen LogP contribution in [0.15, 0.2) is 34.9 Å². The fraction of sp³-hybridized carbons (Fsp3) is 0.385. The largest absolute Gasteiger partial charge is 0.350 e. The lowest BCUT2D eigenvalue weighted by Gasteiger charge is -2.21. The van der Waals surface area contributed by atoms with Gasteiger partial charge in [-0.2, -0.15) is 16.7 Å². The zero-order valence-electron chi connectivity index (χ0n) is 10.8. The van der Waals surface area contributed by atoms with Crippen molar-refractivity contribution in [3.8, 4) is 11.5 Å². The van der Waals surface area contributed by atoms with Crippen molar-refractivity contribution in [3.05, 3.63) is 30.3 Å². The summed E-state index contributed by atoms with van der Waals surface area (Å²) in [7, 11) is 0. The van der Waals surface area contributed by atoms with E-state index in [1.807, 2.05) is 30.3 Å². The normalized spacial score (nSPS) is 11.5. The summed E-state index contributed by atoms with van der Waals surface area (Å²) >= 11 is 1.80. The monoisotopic (exact) mass is 263 g/mol. The molecule has 0 aliphatic heterocycles. The summed E-state index contributed by atoms with van der Waals surface area (Å²) in [6, 6.07) is 9.75. The molecule has 0 saturated carbocycles. The zero-order chi connectivity index (χ0) is 13.0. The Bertz CT molecular complexity index is 496. The topological polar surface area (TPSA) is 51.0 Å². The van der Waals surface area contributed by atoms with E-state index in [4.69, 9.17) is 4.52 Å². The summed E-state index contributed by atoms with van der Waals surface area (Å²) in [5.41, 5.74) is 0.933. The van der Waals surface area contributed by atoms with Crippen molar-refractivity contribution in [2.45, 2.75) is 18.6 Å². The number of nitrogens with zero attached hydrogens (tertiary/aromatic N) is 2. The molecule has 0 radical (unpaired) electrons. The number of benzene rings is 1. The minimum atomic E-state index is 0.146. The van der Waals surface area contributed by atoms with E-state index >= 15 is 0 Å². The summed E-state index contributed by atoms with van der Waals surface area (Å²) in [5, 5.41) is 7.11. The number of nitrogens with one attached hydrogen (secondary N) is 1. The van der Waals surface area contributed by atoms with Gasteiger partial charge in [0.1, 0.15) is 0 Å². The second-order valence-corrected chi connectivity index (χ2v) is 6.12. The first-order valence-electron chi connectivity index (χ1n) is 5.79. The molecule has 0 aliphatic rings. The first-order valence-corrected chi connectivity index (χ1v) is 7.01. The molecule has 1 N–H and O–H groups in total. The fourth-order valence-electron chi connectivity index (χ4n) is 1.36. The highest BCUT2D eigenvalue weighted by atomic mass is 32.2. The molecule has 4 nitrogen and oxygen atoms in total. The highest BCUT2D eigenvalue weighted by Gasteiger charge is 2.17. The van der Waals surface area contributed by atoms with Gasteiger partial charge in [0, 0.05) is 16.9 Å². The number of rotatable bonds is 5. The lowest BCUT2D eigenvalue weighted by molar-refractivity contribution is 0.432. The van der Waals surface area contributed by atoms with Gasteiger partial charge in [0.25, 0.3) is 11.8 Å². The standard InChI is InChI=1S/C13H17N3OS/c1-13(2,18-3)9-14-12-15-11(17-16-12)10-7-5-4-6-8-10/h4-8H,9H2,1-3H3,(H,14,16). The van der Waals surface area contributed by atoms with Gasteiger partial charge < -0.3 is 9.84 Å². The molecule has 1 aromatic heterocycles. The molecule has 0 atom stereocenters. The molecule has 0 fully saturated rings. The minimum absolute atomic E-state index is 0.146. The van der Waals surface area contributed by atoms with Gasteiger partial charge in [-0.05, 0) is 37.4 Å². The van der Waals surface area contributed by atoms with Crippen molar-refractivity contribution >= 4 is 17.7 Å². The van der Waals surface area contributed by atoms with Gasteiger partial charge in [-0.25, -0.2) is 0 Å². The molecule has 0 saturated heterocycles. The third kappa shape index (κ3) is 3.26. The molecule has 96 valence electrons. The highest BCUT2D eigenvalue weighted by Crippen LogP contribution is 2.22. The van der Waals surface area contributed by atoms with Crippen LogP contribution in [0.4, 0.5) is 5.95 Å². The second-order valence-electron chi connectivity index (χ2n) is 4.61. The van der Waals surface area contributed by atoms with Crippen molar-refractivity contribution in [1.82, 2.24) is 10.1 Å². The molecule has 0 spiro atoms. The van der Waals surface area contributed by atoms with Gasteiger partial charge in [-0.3, -0.25) is 0 Å². The maximum absolute atomic E-state index is 5.22. The highest BCUT2D eigenvalue weighted by molar-refractivity contribution is 7.99. The van der Waals surface area contributed by atoms with Gasteiger partial charge in [0.05, 0.1) is 0 Å². The zero-order valence-corrected chi connectivity index (χ0v) is 11.6. The Kier molecular flexibility index (Phi) is 3.91. The van der Waals surface area contributed by atoms with Gasteiger partial charge >= 0.3 is 0 Å². The summed E-state index contributed by atoms with van der Waals surface area (Å²) < 4.78 is 5.37. The van der Waals surface area contributed by atoms with Crippen molar-refractivity contribution in [2.24, 2.45) is 0 Å². The third-order valence-electron chi connectivity index (χ3n) is 2.67. The van der Waals surface area contributed by atoms with E-state index in [-0.39, 0.29) is 4.75 Å². The lowest BCUT2D eigenvalue weighted by atomic mass is 10.2. The molecular weight excluding hydrogens is 246 g/mol. The van der Waals surface area contributed by atoms with E-state index in [1.54, 1.807) is 11.8 Å². The van der Waals surface area contributed by atoms with E-state index in [0.29, 0.717) is 11.8 Å². The second kappa shape index (κ2) is 5.44. The van der Waals surface area contributed by atoms with Gasteiger partial charge in [-0.15, -0.1) is 0 Å². The van der Waals surface area contributed by atoms with Crippen LogP contribution < -0.4 is 5.32 Å². The van der Waals surface area contributed by atoms with Crippen LogP contribution in [0.25, 0.3) is 11.5 Å². The number of hydrogen-bond acceptors (Lipinski definition) is 5. The Balaban J connectivity index is 2.03. The molecule has 0 amide bonds. The molecule has 0 aliphatic carbocycles. The molecule has 0 unspecified atom stereocenters. The van der Waals surface area contributed by atoms with E-state index in [9.17, 15) is 0 Å². The third-order valence-corrected chi connectivity index (χ3v) is 3.92. The SMILES string of the molecule is CSC(C)(C)CNc1noc(-c2ccccc2)n1. The fourth-order valence-corrected chi connectivity index (χ4v) is 1.57. The summed E-state index contributed by atoms with van der Waals surface area (Å²) in [6.07, 6.45) is 2.09. The molecule has 5 heteroatoms. The molecule has 1 aromatic carbocycles. The van der Waals surface area contributed by atoms with Crippen LogP contribution in [0, 0.1) is 0 Å². The van der Waals surface area contributed by atoms with Crippen molar-refractivity contribution in [2.75, 3.05) is 18.1 Å². The van der Waals surface area contributed by atoms with Gasteiger partial charge in [0.15, 0.2) is 0 Å². The van der Waals surface area contributed by atoms with E-state index in [0.717, 1.165) is 12.1 Å². The maximum Gasteiger partial charge on any atom is 0.263 e. The molecule has 2 rings (SSSR count). The molecule has 0 bridgehead atoms. The van der Waals surface area contributed by atoms with E-state index < -0.39 is 0 Å². The number of anilines is 1. The Hall–Kier alpha value is -1.49. The Morgan fingerprint density at radius 3 is 2.67 bits per heavy atom. The van der Waals surface area contributed by atoms with Crippen molar-refractivity contribution < 1.29 is 4.52 Å². The van der Waals surface area contributed by atoms with E-state index in [1.165, 1.54) is 0 Å². The molecular formula is C13H17N3OS. The van der Waals surface area contributed by atoms with Gasteiger partial charge in [0.2, 0.25) is 0 Å².